The summed E-state index contributed by atoms with van der Waals surface area (Å²) >= 11 is 6.24. The maximum atomic E-state index is 12.8. The molecule has 9 heteroatoms. The van der Waals surface area contributed by atoms with Gasteiger partial charge >= 0.3 is 0 Å². The number of nitrogens with two attached hydrogens (primary N) is 1. The van der Waals surface area contributed by atoms with E-state index < -0.39 is 5.91 Å². The predicted octanol–water partition coefficient (Wildman–Crippen LogP) is 3.50. The highest BCUT2D eigenvalue weighted by Gasteiger charge is 2.28. The zero-order chi connectivity index (χ0) is 23.9. The van der Waals surface area contributed by atoms with Crippen LogP contribution in [-0.4, -0.2) is 28.6 Å². The summed E-state index contributed by atoms with van der Waals surface area (Å²) in [6.07, 6.45) is 1.72. The predicted molar refractivity (Wildman–Crippen MR) is 133 cm³/mol. The number of ether oxygens (including phenoxy) is 1. The first-order valence-corrected chi connectivity index (χ1v) is 11.5. The van der Waals surface area contributed by atoms with Gasteiger partial charge in [0.05, 0.1) is 17.1 Å². The van der Waals surface area contributed by atoms with Gasteiger partial charge in [-0.1, -0.05) is 56.9 Å². The first-order valence-electron chi connectivity index (χ1n) is 10.3. The number of thioether (sulfide) groups is 1. The molecule has 2 heterocycles. The monoisotopic (exact) mass is 481 g/mol. The number of hydrogen-bond donors (Lipinski definition) is 2. The van der Waals surface area contributed by atoms with Gasteiger partial charge in [0.25, 0.3) is 11.8 Å². The van der Waals surface area contributed by atoms with Crippen LogP contribution in [-0.2, 0) is 21.5 Å². The second-order valence-electron chi connectivity index (χ2n) is 8.88. The normalized spacial score (nSPS) is 17.1. The van der Waals surface area contributed by atoms with Gasteiger partial charge in [-0.2, -0.15) is 0 Å². The van der Waals surface area contributed by atoms with E-state index in [9.17, 15) is 14.4 Å². The topological polar surface area (TPSA) is 102 Å². The molecule has 0 bridgehead atoms. The van der Waals surface area contributed by atoms with E-state index in [0.29, 0.717) is 26.2 Å². The molecule has 0 saturated carbocycles. The lowest BCUT2D eigenvalue weighted by Gasteiger charge is -2.30. The van der Waals surface area contributed by atoms with Crippen LogP contribution in [0.5, 0.6) is 5.75 Å². The van der Waals surface area contributed by atoms with Gasteiger partial charge in [0, 0.05) is 5.56 Å². The molecule has 7 nitrogen and oxygen atoms in total. The van der Waals surface area contributed by atoms with Crippen molar-refractivity contribution in [3.8, 4) is 5.75 Å². The third-order valence-corrected chi connectivity index (χ3v) is 6.51. The van der Waals surface area contributed by atoms with E-state index in [1.54, 1.807) is 35.2 Å². The molecule has 1 saturated heterocycles. The Balaban J connectivity index is 1.72. The Morgan fingerprint density at radius 1 is 1.24 bits per heavy atom. The van der Waals surface area contributed by atoms with Crippen molar-refractivity contribution in [2.45, 2.75) is 32.7 Å². The first kappa shape index (κ1) is 23.0. The molecule has 4 rings (SSSR count). The molecule has 3 N–H and O–H groups in total. The average Bonchev–Trinajstić information content (AvgIpc) is 3.06. The quantitative estimate of drug-likeness (QED) is 0.512. The number of hydrogen-bond acceptors (Lipinski definition) is 6. The number of primary amides is 1. The SMILES string of the molecule is CC(C)(C)c1cc(CN2C(=O)COc3ccc(C=C4SC(=S)NC4=O)cc32)cc(C(N)=O)c1. The zero-order valence-electron chi connectivity index (χ0n) is 18.4. The van der Waals surface area contributed by atoms with E-state index in [1.165, 1.54) is 11.8 Å². The van der Waals surface area contributed by atoms with Gasteiger partial charge in [-0.25, -0.2) is 0 Å². The smallest absolute Gasteiger partial charge is 0.265 e. The number of fused-ring (bicyclic) bond motifs is 1. The third kappa shape index (κ3) is 4.94. The van der Waals surface area contributed by atoms with Crippen LogP contribution in [0.2, 0.25) is 0 Å². The van der Waals surface area contributed by atoms with E-state index in [-0.39, 0.29) is 30.4 Å². The number of thiocarbonyl (C=S) groups is 1. The summed E-state index contributed by atoms with van der Waals surface area (Å²) in [4.78, 5) is 38.9. The van der Waals surface area contributed by atoms with Crippen molar-refractivity contribution >= 4 is 57.8 Å². The lowest BCUT2D eigenvalue weighted by atomic mass is 9.85. The molecule has 1 fully saturated rings. The van der Waals surface area contributed by atoms with E-state index in [2.05, 4.69) is 26.1 Å². The fraction of sp³-hybridized carbons (Fsp3) is 0.250. The molecule has 0 spiro atoms. The van der Waals surface area contributed by atoms with Crippen LogP contribution in [0.15, 0.2) is 41.3 Å². The molecule has 170 valence electrons. The second kappa shape index (κ2) is 8.64. The fourth-order valence-electron chi connectivity index (χ4n) is 3.60. The maximum absolute atomic E-state index is 12.8. The molecule has 33 heavy (non-hydrogen) atoms. The van der Waals surface area contributed by atoms with Crippen LogP contribution in [0.3, 0.4) is 0 Å². The Morgan fingerprint density at radius 3 is 2.64 bits per heavy atom. The van der Waals surface area contributed by atoms with Gasteiger partial charge in [-0.15, -0.1) is 0 Å². The van der Waals surface area contributed by atoms with Crippen molar-refractivity contribution in [3.63, 3.8) is 0 Å². The molecule has 2 aromatic carbocycles. The van der Waals surface area contributed by atoms with Gasteiger partial charge in [0.15, 0.2) is 6.61 Å². The van der Waals surface area contributed by atoms with Gasteiger partial charge in [0.2, 0.25) is 5.91 Å². The van der Waals surface area contributed by atoms with Gasteiger partial charge < -0.3 is 20.7 Å². The van der Waals surface area contributed by atoms with Gasteiger partial charge in [-0.05, 0) is 52.4 Å². The largest absolute Gasteiger partial charge is 0.482 e. The summed E-state index contributed by atoms with van der Waals surface area (Å²) in [6.45, 7) is 6.32. The number of benzene rings is 2. The Labute approximate surface area is 201 Å². The molecule has 2 aliphatic heterocycles. The highest BCUT2D eigenvalue weighted by Crippen LogP contribution is 2.36. The standard InChI is InChI=1S/C24H23N3O4S2/c1-24(2,3)16-7-14(6-15(10-16)21(25)29)11-27-17-8-13(4-5-18(17)31-12-20(27)28)9-19-22(30)26-23(32)33-19/h4-10H,11-12H2,1-3H3,(H2,25,29)(H,26,30,32). The molecular formula is C24H23N3O4S2. The lowest BCUT2D eigenvalue weighted by Crippen LogP contribution is -2.38. The zero-order valence-corrected chi connectivity index (χ0v) is 20.1. The van der Waals surface area contributed by atoms with Crippen LogP contribution in [0.1, 0.15) is 47.8 Å². The van der Waals surface area contributed by atoms with Crippen molar-refractivity contribution in [1.29, 1.82) is 0 Å². The summed E-state index contributed by atoms with van der Waals surface area (Å²) in [5, 5.41) is 2.59. The van der Waals surface area contributed by atoms with E-state index in [0.717, 1.165) is 16.7 Å². The van der Waals surface area contributed by atoms with E-state index in [4.69, 9.17) is 22.7 Å². The van der Waals surface area contributed by atoms with Crippen LogP contribution in [0.25, 0.3) is 6.08 Å². The van der Waals surface area contributed by atoms with E-state index >= 15 is 0 Å². The summed E-state index contributed by atoms with van der Waals surface area (Å²) < 4.78 is 6.03. The molecule has 0 aromatic heterocycles. The van der Waals surface area contributed by atoms with Crippen LogP contribution in [0.4, 0.5) is 5.69 Å². The number of nitrogens with one attached hydrogen (secondary N) is 1. The third-order valence-electron chi connectivity index (χ3n) is 5.35. The first-order chi connectivity index (χ1) is 15.5. The minimum absolute atomic E-state index is 0.0817. The Hall–Kier alpha value is -3.17. The fourth-order valence-corrected chi connectivity index (χ4v) is 4.64. The summed E-state index contributed by atoms with van der Waals surface area (Å²) in [5.41, 5.74) is 8.83. The molecule has 3 amide bonds. The summed E-state index contributed by atoms with van der Waals surface area (Å²) in [5.74, 6) is -0.402. The van der Waals surface area contributed by atoms with Gasteiger partial charge in [0.1, 0.15) is 10.1 Å². The number of carbonyl (C=O) groups is 3. The molecule has 0 radical (unpaired) electrons. The van der Waals surface area contributed by atoms with Crippen molar-refractivity contribution in [2.75, 3.05) is 11.5 Å². The molecule has 0 unspecified atom stereocenters. The van der Waals surface area contributed by atoms with Crippen LogP contribution >= 0.6 is 24.0 Å². The van der Waals surface area contributed by atoms with Crippen molar-refractivity contribution in [2.24, 2.45) is 5.73 Å². The minimum Gasteiger partial charge on any atom is -0.482 e. The lowest BCUT2D eigenvalue weighted by molar-refractivity contribution is -0.121. The Kier molecular flexibility index (Phi) is 6.02. The highest BCUT2D eigenvalue weighted by molar-refractivity contribution is 8.26. The molecular weight excluding hydrogens is 458 g/mol. The summed E-state index contributed by atoms with van der Waals surface area (Å²) in [7, 11) is 0. The number of amides is 3. The van der Waals surface area contributed by atoms with E-state index in [1.807, 2.05) is 12.1 Å². The second-order valence-corrected chi connectivity index (χ2v) is 10.6. The van der Waals surface area contributed by atoms with Crippen molar-refractivity contribution in [1.82, 2.24) is 5.32 Å². The Bertz CT molecular complexity index is 1230. The van der Waals surface area contributed by atoms with Gasteiger partial charge in [-0.3, -0.25) is 14.4 Å². The summed E-state index contributed by atoms with van der Waals surface area (Å²) in [6, 6.07) is 10.9. The minimum atomic E-state index is -0.518. The molecule has 2 aliphatic rings. The van der Waals surface area contributed by atoms with Crippen molar-refractivity contribution in [3.05, 3.63) is 63.6 Å². The van der Waals surface area contributed by atoms with Crippen molar-refractivity contribution < 1.29 is 19.1 Å². The molecule has 0 atom stereocenters. The average molecular weight is 482 g/mol. The number of anilines is 1. The van der Waals surface area contributed by atoms with Crippen LogP contribution < -0.4 is 20.7 Å². The number of nitrogens with zero attached hydrogens (tertiary/aromatic N) is 1. The van der Waals surface area contributed by atoms with Crippen LogP contribution in [0, 0.1) is 0 Å². The number of rotatable bonds is 4. The highest BCUT2D eigenvalue weighted by atomic mass is 32.2. The molecule has 0 aliphatic carbocycles. The number of carbonyl (C=O) groups excluding carboxylic acids is 3. The Morgan fingerprint density at radius 2 is 2.00 bits per heavy atom. The maximum Gasteiger partial charge on any atom is 0.265 e. The molecule has 2 aromatic rings.